The molecule has 2 atom stereocenters. The van der Waals surface area contributed by atoms with E-state index in [9.17, 15) is 23.1 Å². The molecule has 16 heteroatoms. The Balaban J connectivity index is 1.09. The van der Waals surface area contributed by atoms with Crippen molar-refractivity contribution in [3.63, 3.8) is 0 Å². The van der Waals surface area contributed by atoms with E-state index in [1.807, 2.05) is 0 Å². The molecule has 1 aliphatic rings. The van der Waals surface area contributed by atoms with E-state index in [2.05, 4.69) is 96.7 Å². The number of rotatable bonds is 21. The largest absolute Gasteiger partial charge is 0.505 e. The fourth-order valence-corrected chi connectivity index (χ4v) is 15.4. The number of anilines is 2. The average molecular weight is 1020 g/mol. The molecule has 1 fully saturated rings. The Morgan fingerprint density at radius 3 is 2.10 bits per heavy atom. The van der Waals surface area contributed by atoms with Gasteiger partial charge in [0.25, 0.3) is 14.2 Å². The summed E-state index contributed by atoms with van der Waals surface area (Å²) >= 11 is 0. The van der Waals surface area contributed by atoms with Crippen molar-refractivity contribution in [2.24, 2.45) is 0 Å². The molecule has 1 aliphatic heterocycles. The summed E-state index contributed by atoms with van der Waals surface area (Å²) in [5.74, 6) is -1.12. The average Bonchev–Trinajstić information content (AvgIpc) is 3.33. The molecule has 2 unspecified atom stereocenters. The number of ether oxygens (including phenoxy) is 3. The first-order chi connectivity index (χ1) is 34.0. The van der Waals surface area contributed by atoms with Gasteiger partial charge < -0.3 is 39.7 Å². The molecule has 388 valence electrons. The van der Waals surface area contributed by atoms with Gasteiger partial charge >= 0.3 is 6.09 Å². The summed E-state index contributed by atoms with van der Waals surface area (Å²) in [4.78, 5) is 36.3. The van der Waals surface area contributed by atoms with E-state index in [0.717, 1.165) is 44.9 Å². The zero-order valence-electron chi connectivity index (χ0n) is 43.6. The zero-order chi connectivity index (χ0) is 52.3. The molecule has 14 nitrogen and oxygen atoms in total. The van der Waals surface area contributed by atoms with Gasteiger partial charge in [-0.05, 0) is 107 Å². The number of amides is 2. The Hall–Kier alpha value is -5.65. The second-order valence-electron chi connectivity index (χ2n) is 21.4. The lowest BCUT2D eigenvalue weighted by molar-refractivity contribution is -0.191. The molecule has 4 aromatic carbocycles. The van der Waals surface area contributed by atoms with Crippen molar-refractivity contribution in [2.75, 3.05) is 31.3 Å². The minimum absolute atomic E-state index is 0.0115. The number of hydrogen-bond donors (Lipinski definition) is 3. The standard InChI is InChI=1S/C56H75N5O9SSi/c1-54(2,3)70-53(64)61(9)39-41-23-22-29-46(50(41)62)60-52(63)49-51(57)58-38-47(59-49)40-31-33-43(34-32-40)71(65,66)56(7,8)37-42(69-48-30-19-21-35-67-48)24-14-10-11-20-36-68-72(55(4,5)6,44-25-15-12-16-26-44)45-27-17-13-18-28-45/h12-13,15-18,22-23,25-29,31-34,38,42,48,62H,10-11,14,19-21,24,30,35-37,39H2,1-9H3,(H2,57,58)(H,60,63). The number of hydrogen-bond acceptors (Lipinski definition) is 12. The normalized spacial score (nSPS) is 15.2. The van der Waals surface area contributed by atoms with Gasteiger partial charge in [0.2, 0.25) is 0 Å². The van der Waals surface area contributed by atoms with Crippen molar-refractivity contribution >= 4 is 52.0 Å². The van der Waals surface area contributed by atoms with Crippen LogP contribution >= 0.6 is 0 Å². The monoisotopic (exact) mass is 1020 g/mol. The number of carbonyl (C=O) groups excluding carboxylic acids is 2. The lowest BCUT2D eigenvalue weighted by Crippen LogP contribution is -2.66. The second kappa shape index (κ2) is 23.9. The van der Waals surface area contributed by atoms with Crippen LogP contribution in [0.2, 0.25) is 5.04 Å². The molecular weight excluding hydrogens is 947 g/mol. The van der Waals surface area contributed by atoms with Gasteiger partial charge in [-0.15, -0.1) is 0 Å². The van der Waals surface area contributed by atoms with Gasteiger partial charge in [0.15, 0.2) is 27.6 Å². The van der Waals surface area contributed by atoms with Crippen LogP contribution in [0.1, 0.15) is 129 Å². The lowest BCUT2D eigenvalue weighted by Gasteiger charge is -2.43. The van der Waals surface area contributed by atoms with E-state index in [-0.39, 0.29) is 63.9 Å². The number of aromatic nitrogens is 2. The highest BCUT2D eigenvalue weighted by molar-refractivity contribution is 7.92. The van der Waals surface area contributed by atoms with Gasteiger partial charge in [-0.25, -0.2) is 23.2 Å². The number of sulfone groups is 1. The number of benzene rings is 4. The van der Waals surface area contributed by atoms with E-state index in [4.69, 9.17) is 24.4 Å². The number of unbranched alkanes of at least 4 members (excludes halogenated alkanes) is 3. The molecule has 2 amide bonds. The summed E-state index contributed by atoms with van der Waals surface area (Å²) in [6.45, 7) is 16.9. The quantitative estimate of drug-likeness (QED) is 0.0358. The number of nitrogen functional groups attached to an aromatic ring is 1. The number of phenols is 1. The fraction of sp³-hybridized carbons (Fsp3) is 0.464. The van der Waals surface area contributed by atoms with Crippen LogP contribution in [0.5, 0.6) is 5.75 Å². The third-order valence-electron chi connectivity index (χ3n) is 13.0. The number of aromatic hydroxyl groups is 1. The van der Waals surface area contributed by atoms with Gasteiger partial charge in [0.05, 0.1) is 39.9 Å². The number of nitrogens with two attached hydrogens (primary N) is 1. The number of nitrogens with one attached hydrogen (secondary N) is 1. The predicted molar refractivity (Wildman–Crippen MR) is 287 cm³/mol. The van der Waals surface area contributed by atoms with Gasteiger partial charge in [0, 0.05) is 31.4 Å². The van der Waals surface area contributed by atoms with Crippen LogP contribution in [0.3, 0.4) is 0 Å². The molecular formula is C56H75N5O9SSi. The van der Waals surface area contributed by atoms with Crippen LogP contribution in [0, 0.1) is 0 Å². The summed E-state index contributed by atoms with van der Waals surface area (Å²) in [6.07, 6.45) is 7.52. The van der Waals surface area contributed by atoms with Crippen LogP contribution in [0.15, 0.2) is 114 Å². The van der Waals surface area contributed by atoms with Gasteiger partial charge in [-0.3, -0.25) is 4.79 Å². The molecule has 6 rings (SSSR count). The Morgan fingerprint density at radius 2 is 1.50 bits per heavy atom. The van der Waals surface area contributed by atoms with E-state index < -0.39 is 40.5 Å². The molecule has 2 heterocycles. The number of phenolic OH excluding ortho intramolecular Hbond substituents is 1. The summed E-state index contributed by atoms with van der Waals surface area (Å²) in [5, 5.41) is 16.1. The van der Waals surface area contributed by atoms with E-state index >= 15 is 0 Å². The van der Waals surface area contributed by atoms with Gasteiger partial charge in [-0.2, -0.15) is 0 Å². The maximum absolute atomic E-state index is 14.5. The molecule has 4 N–H and O–H groups in total. The van der Waals surface area contributed by atoms with Crippen molar-refractivity contribution in [1.29, 1.82) is 0 Å². The minimum Gasteiger partial charge on any atom is -0.505 e. The molecule has 72 heavy (non-hydrogen) atoms. The highest BCUT2D eigenvalue weighted by Gasteiger charge is 2.50. The van der Waals surface area contributed by atoms with Crippen LogP contribution in [-0.4, -0.2) is 91.7 Å². The van der Waals surface area contributed by atoms with Crippen molar-refractivity contribution in [3.05, 3.63) is 121 Å². The third-order valence-corrected chi connectivity index (χ3v) is 20.6. The first-order valence-electron chi connectivity index (χ1n) is 25.1. The predicted octanol–water partition coefficient (Wildman–Crippen LogP) is 10.4. The van der Waals surface area contributed by atoms with Gasteiger partial charge in [0.1, 0.15) is 11.4 Å². The molecule has 0 spiro atoms. The summed E-state index contributed by atoms with van der Waals surface area (Å²) in [7, 11) is -4.96. The highest BCUT2D eigenvalue weighted by atomic mass is 32.2. The van der Waals surface area contributed by atoms with E-state index in [0.29, 0.717) is 30.8 Å². The zero-order valence-corrected chi connectivity index (χ0v) is 45.4. The Labute approximate surface area is 428 Å². The first-order valence-corrected chi connectivity index (χ1v) is 28.5. The molecule has 1 aromatic heterocycles. The minimum atomic E-state index is -3.89. The molecule has 0 bridgehead atoms. The topological polar surface area (TPSA) is 192 Å². The van der Waals surface area contributed by atoms with E-state index in [1.54, 1.807) is 65.9 Å². The smallest absolute Gasteiger partial charge is 0.410 e. The lowest BCUT2D eigenvalue weighted by atomic mass is 9.99. The van der Waals surface area contributed by atoms with Gasteiger partial charge in [-0.1, -0.05) is 125 Å². The molecule has 0 radical (unpaired) electrons. The summed E-state index contributed by atoms with van der Waals surface area (Å²) < 4.78 is 52.8. The summed E-state index contributed by atoms with van der Waals surface area (Å²) in [5.41, 5.74) is 6.47. The first kappa shape index (κ1) is 55.7. The van der Waals surface area contributed by atoms with Crippen molar-refractivity contribution < 1.29 is 41.7 Å². The van der Waals surface area contributed by atoms with Crippen molar-refractivity contribution in [2.45, 2.75) is 152 Å². The number of carbonyl (C=O) groups is 2. The highest BCUT2D eigenvalue weighted by Crippen LogP contribution is 2.38. The van der Waals surface area contributed by atoms with E-state index in [1.165, 1.54) is 39.7 Å². The second-order valence-corrected chi connectivity index (χ2v) is 28.2. The Kier molecular flexibility index (Phi) is 18.5. The third kappa shape index (κ3) is 13.9. The Bertz CT molecular complexity index is 2650. The van der Waals surface area contributed by atoms with Crippen LogP contribution in [0.25, 0.3) is 11.3 Å². The Morgan fingerprint density at radius 1 is 0.861 bits per heavy atom. The van der Waals surface area contributed by atoms with Crippen LogP contribution in [-0.2, 0) is 35.0 Å². The maximum Gasteiger partial charge on any atom is 0.410 e. The maximum atomic E-state index is 14.5. The molecule has 1 saturated heterocycles. The van der Waals surface area contributed by atoms with Crippen molar-refractivity contribution in [3.8, 4) is 17.0 Å². The van der Waals surface area contributed by atoms with Crippen LogP contribution < -0.4 is 21.4 Å². The number of nitrogens with zero attached hydrogens (tertiary/aromatic N) is 3. The molecule has 0 aliphatic carbocycles. The summed E-state index contributed by atoms with van der Waals surface area (Å²) in [6, 6.07) is 32.5. The fourth-order valence-electron chi connectivity index (χ4n) is 9.21. The van der Waals surface area contributed by atoms with Crippen molar-refractivity contribution in [1.82, 2.24) is 14.9 Å². The molecule has 0 saturated carbocycles. The SMILES string of the molecule is CN(Cc1cccc(NC(=O)c2nc(-c3ccc(S(=O)(=O)C(C)(C)CC(CCCCCCO[Si](c4ccccc4)(c4ccccc4)C(C)(C)C)OC4CCCCO4)cc3)cnc2N)c1O)C(=O)OC(C)(C)C. The molecule has 5 aromatic rings. The van der Waals surface area contributed by atoms with Crippen LogP contribution in [0.4, 0.5) is 16.3 Å². The number of para-hydroxylation sites is 1.